The molecule has 18 heavy (non-hydrogen) atoms. The number of nitrogens with zero attached hydrogens (tertiary/aromatic N) is 2. The fraction of sp³-hybridized carbons (Fsp3) is 0.923. The Morgan fingerprint density at radius 2 is 2.11 bits per heavy atom. The van der Waals surface area contributed by atoms with Crippen LogP contribution in [0.3, 0.4) is 0 Å². The third-order valence-electron chi connectivity index (χ3n) is 4.16. The van der Waals surface area contributed by atoms with Crippen LogP contribution in [-0.2, 0) is 4.79 Å². The summed E-state index contributed by atoms with van der Waals surface area (Å²) in [5, 5.41) is 12.7. The highest BCUT2D eigenvalue weighted by molar-refractivity contribution is 5.78. The Labute approximate surface area is 109 Å². The average Bonchev–Trinajstić information content (AvgIpc) is 3.07. The van der Waals surface area contributed by atoms with Gasteiger partial charge in [0, 0.05) is 38.3 Å². The minimum absolute atomic E-state index is 0.413. The Kier molecular flexibility index (Phi) is 3.94. The molecule has 0 aromatic rings. The molecule has 2 fully saturated rings. The van der Waals surface area contributed by atoms with Crippen LogP contribution in [0, 0.1) is 0 Å². The highest BCUT2D eigenvalue weighted by atomic mass is 16.4. The molecule has 1 saturated carbocycles. The number of carboxylic acid groups (broad SMARTS) is 1. The molecule has 0 aromatic carbocycles. The van der Waals surface area contributed by atoms with Crippen molar-refractivity contribution in [3.8, 4) is 0 Å². The summed E-state index contributed by atoms with van der Waals surface area (Å²) in [7, 11) is 2.13. The molecule has 1 heterocycles. The summed E-state index contributed by atoms with van der Waals surface area (Å²) in [6.07, 6.45) is 2.23. The fourth-order valence-corrected chi connectivity index (χ4v) is 2.57. The fourth-order valence-electron chi connectivity index (χ4n) is 2.57. The zero-order valence-corrected chi connectivity index (χ0v) is 11.6. The predicted molar refractivity (Wildman–Crippen MR) is 70.7 cm³/mol. The van der Waals surface area contributed by atoms with Gasteiger partial charge < -0.3 is 10.0 Å². The lowest BCUT2D eigenvalue weighted by atomic mass is 10.0. The van der Waals surface area contributed by atoms with E-state index in [0.29, 0.717) is 18.6 Å². The van der Waals surface area contributed by atoms with Gasteiger partial charge in [0.05, 0.1) is 0 Å². The van der Waals surface area contributed by atoms with E-state index in [9.17, 15) is 9.90 Å². The normalized spacial score (nSPS) is 30.1. The number of aliphatic carboxylic acids is 1. The van der Waals surface area contributed by atoms with Crippen LogP contribution in [0.5, 0.6) is 0 Å². The van der Waals surface area contributed by atoms with E-state index in [1.54, 1.807) is 0 Å². The van der Waals surface area contributed by atoms with Crippen molar-refractivity contribution in [1.82, 2.24) is 15.1 Å². The molecule has 0 radical (unpaired) electrons. The molecule has 2 aliphatic rings. The maximum absolute atomic E-state index is 11.5. The van der Waals surface area contributed by atoms with Gasteiger partial charge in [-0.05, 0) is 33.7 Å². The van der Waals surface area contributed by atoms with Gasteiger partial charge in [-0.2, -0.15) is 0 Å². The van der Waals surface area contributed by atoms with Crippen LogP contribution in [0.1, 0.15) is 26.7 Å². The largest absolute Gasteiger partial charge is 0.480 e. The Balaban J connectivity index is 1.93. The van der Waals surface area contributed by atoms with E-state index in [0.717, 1.165) is 32.5 Å². The van der Waals surface area contributed by atoms with Crippen LogP contribution >= 0.6 is 0 Å². The Bertz CT molecular complexity index is 319. The number of hydrogen-bond acceptors (Lipinski definition) is 4. The van der Waals surface area contributed by atoms with Crippen molar-refractivity contribution in [2.24, 2.45) is 0 Å². The average molecular weight is 255 g/mol. The second-order valence-corrected chi connectivity index (χ2v) is 6.12. The third kappa shape index (κ3) is 3.22. The smallest absolute Gasteiger partial charge is 0.324 e. The third-order valence-corrected chi connectivity index (χ3v) is 4.16. The monoisotopic (exact) mass is 255 g/mol. The molecule has 2 N–H and O–H groups in total. The maximum Gasteiger partial charge on any atom is 0.324 e. The highest BCUT2D eigenvalue weighted by Gasteiger charge is 2.40. The zero-order valence-electron chi connectivity index (χ0n) is 11.6. The number of carboxylic acids is 1. The molecule has 1 saturated heterocycles. The standard InChI is InChI=1S/C13H25N3O2/c1-10-8-16(7-6-15(10)3)9-13(2,12(17)18)14-11-4-5-11/h10-11,14H,4-9H2,1-3H3,(H,17,18). The second kappa shape index (κ2) is 5.15. The summed E-state index contributed by atoms with van der Waals surface area (Å²) >= 11 is 0. The van der Waals surface area contributed by atoms with Crippen molar-refractivity contribution in [2.45, 2.75) is 44.3 Å². The highest BCUT2D eigenvalue weighted by Crippen LogP contribution is 2.23. The minimum Gasteiger partial charge on any atom is -0.480 e. The van der Waals surface area contributed by atoms with Crippen LogP contribution in [-0.4, -0.2) is 71.7 Å². The summed E-state index contributed by atoms with van der Waals surface area (Å²) in [5.41, 5.74) is -0.809. The van der Waals surface area contributed by atoms with Gasteiger partial charge in [-0.15, -0.1) is 0 Å². The van der Waals surface area contributed by atoms with Crippen LogP contribution in [0.25, 0.3) is 0 Å². The summed E-state index contributed by atoms with van der Waals surface area (Å²) < 4.78 is 0. The first kappa shape index (κ1) is 13.8. The second-order valence-electron chi connectivity index (χ2n) is 6.12. The first-order valence-electron chi connectivity index (χ1n) is 6.84. The van der Waals surface area contributed by atoms with E-state index in [1.165, 1.54) is 0 Å². The van der Waals surface area contributed by atoms with Crippen molar-refractivity contribution < 1.29 is 9.90 Å². The minimum atomic E-state index is -0.809. The van der Waals surface area contributed by atoms with Crippen molar-refractivity contribution >= 4 is 5.97 Å². The van der Waals surface area contributed by atoms with E-state index in [2.05, 4.69) is 29.1 Å². The van der Waals surface area contributed by atoms with Crippen molar-refractivity contribution in [2.75, 3.05) is 33.2 Å². The van der Waals surface area contributed by atoms with Crippen LogP contribution in [0.2, 0.25) is 0 Å². The molecule has 2 rings (SSSR count). The predicted octanol–water partition coefficient (Wildman–Crippen LogP) is 0.218. The molecule has 2 unspecified atom stereocenters. The SMILES string of the molecule is CC1CN(CC(C)(NC2CC2)C(=O)O)CCN1C. The zero-order chi connectivity index (χ0) is 13.3. The van der Waals surface area contributed by atoms with Crippen LogP contribution in [0.4, 0.5) is 0 Å². The number of carbonyl (C=O) groups is 1. The maximum atomic E-state index is 11.5. The van der Waals surface area contributed by atoms with E-state index in [-0.39, 0.29) is 0 Å². The molecule has 0 amide bonds. The molecule has 0 bridgehead atoms. The Hall–Kier alpha value is -0.650. The van der Waals surface area contributed by atoms with Gasteiger partial charge in [-0.25, -0.2) is 0 Å². The van der Waals surface area contributed by atoms with E-state index < -0.39 is 11.5 Å². The first-order valence-corrected chi connectivity index (χ1v) is 6.84. The molecular formula is C13H25N3O2. The topological polar surface area (TPSA) is 55.8 Å². The van der Waals surface area contributed by atoms with Gasteiger partial charge in [0.1, 0.15) is 5.54 Å². The van der Waals surface area contributed by atoms with E-state index in [4.69, 9.17) is 0 Å². The molecule has 5 nitrogen and oxygen atoms in total. The lowest BCUT2D eigenvalue weighted by Gasteiger charge is -2.41. The van der Waals surface area contributed by atoms with Crippen molar-refractivity contribution in [3.05, 3.63) is 0 Å². The molecule has 104 valence electrons. The van der Waals surface area contributed by atoms with Gasteiger partial charge in [0.15, 0.2) is 0 Å². The summed E-state index contributed by atoms with van der Waals surface area (Å²) in [5.74, 6) is -0.735. The molecule has 1 aliphatic heterocycles. The first-order chi connectivity index (χ1) is 8.40. The Morgan fingerprint density at radius 3 is 2.61 bits per heavy atom. The Morgan fingerprint density at radius 1 is 1.44 bits per heavy atom. The van der Waals surface area contributed by atoms with Gasteiger partial charge >= 0.3 is 5.97 Å². The molecular weight excluding hydrogens is 230 g/mol. The van der Waals surface area contributed by atoms with Crippen LogP contribution < -0.4 is 5.32 Å². The molecule has 5 heteroatoms. The molecule has 1 aliphatic carbocycles. The van der Waals surface area contributed by atoms with Crippen LogP contribution in [0.15, 0.2) is 0 Å². The van der Waals surface area contributed by atoms with E-state index >= 15 is 0 Å². The van der Waals surface area contributed by atoms with Crippen molar-refractivity contribution in [1.29, 1.82) is 0 Å². The van der Waals surface area contributed by atoms with Crippen molar-refractivity contribution in [3.63, 3.8) is 0 Å². The quantitative estimate of drug-likeness (QED) is 0.736. The summed E-state index contributed by atoms with van der Waals surface area (Å²) in [4.78, 5) is 16.1. The number of hydrogen-bond donors (Lipinski definition) is 2. The van der Waals surface area contributed by atoms with Gasteiger partial charge in [-0.1, -0.05) is 0 Å². The number of likely N-dealkylation sites (N-methyl/N-ethyl adjacent to an activating group) is 1. The molecule has 0 spiro atoms. The molecule has 0 aromatic heterocycles. The lowest BCUT2D eigenvalue weighted by molar-refractivity contribution is -0.145. The summed E-state index contributed by atoms with van der Waals surface area (Å²) in [6, 6.07) is 0.911. The lowest BCUT2D eigenvalue weighted by Crippen LogP contribution is -2.61. The summed E-state index contributed by atoms with van der Waals surface area (Å²) in [6.45, 7) is 7.52. The van der Waals surface area contributed by atoms with Gasteiger partial charge in [-0.3, -0.25) is 15.0 Å². The van der Waals surface area contributed by atoms with Gasteiger partial charge in [0.25, 0.3) is 0 Å². The van der Waals surface area contributed by atoms with E-state index in [1.807, 2.05) is 6.92 Å². The van der Waals surface area contributed by atoms with Gasteiger partial charge in [0.2, 0.25) is 0 Å². The number of rotatable bonds is 5. The number of piperazine rings is 1. The number of nitrogens with one attached hydrogen (secondary N) is 1. The molecule has 2 atom stereocenters.